The topological polar surface area (TPSA) is 33.2 Å². The summed E-state index contributed by atoms with van der Waals surface area (Å²) in [6.07, 6.45) is 3.32. The number of anilines is 1. The smallest absolute Gasteiger partial charge is 0.259 e. The predicted molar refractivity (Wildman–Crippen MR) is 78.8 cm³/mol. The molecule has 0 spiro atoms. The van der Waals surface area contributed by atoms with E-state index >= 15 is 0 Å². The van der Waals surface area contributed by atoms with Crippen molar-refractivity contribution in [3.63, 3.8) is 0 Å². The van der Waals surface area contributed by atoms with Gasteiger partial charge in [-0.3, -0.25) is 9.78 Å². The summed E-state index contributed by atoms with van der Waals surface area (Å²) in [6.45, 7) is 0. The molecule has 2 aromatic rings. The van der Waals surface area contributed by atoms with E-state index in [1.165, 1.54) is 0 Å². The minimum absolute atomic E-state index is 0.0747. The molecule has 0 aliphatic carbocycles. The van der Waals surface area contributed by atoms with Gasteiger partial charge in [0.25, 0.3) is 5.91 Å². The van der Waals surface area contributed by atoms with Gasteiger partial charge >= 0.3 is 0 Å². The monoisotopic (exact) mass is 368 g/mol. The van der Waals surface area contributed by atoms with Crippen molar-refractivity contribution in [2.75, 3.05) is 11.9 Å². The molecule has 0 aliphatic heterocycles. The number of aromatic nitrogens is 1. The molecule has 92 valence electrons. The molecule has 0 bridgehead atoms. The highest BCUT2D eigenvalue weighted by molar-refractivity contribution is 9.11. The Hall–Kier alpha value is -1.20. The van der Waals surface area contributed by atoms with Gasteiger partial charge in [0.1, 0.15) is 0 Å². The number of carbonyl (C=O) groups is 1. The first-order valence-corrected chi connectivity index (χ1v) is 6.81. The molecule has 5 heteroatoms. The largest absolute Gasteiger partial charge is 0.311 e. The van der Waals surface area contributed by atoms with Crippen LogP contribution in [0.25, 0.3) is 0 Å². The lowest BCUT2D eigenvalue weighted by Crippen LogP contribution is -2.26. The highest BCUT2D eigenvalue weighted by Gasteiger charge is 2.16. The summed E-state index contributed by atoms with van der Waals surface area (Å²) in [5, 5.41) is 0. The van der Waals surface area contributed by atoms with Crippen LogP contribution in [0.2, 0.25) is 0 Å². The van der Waals surface area contributed by atoms with Gasteiger partial charge in [-0.05, 0) is 46.3 Å². The summed E-state index contributed by atoms with van der Waals surface area (Å²) in [5.41, 5.74) is 1.42. The lowest BCUT2D eigenvalue weighted by molar-refractivity contribution is 0.0992. The minimum atomic E-state index is -0.0747. The Morgan fingerprint density at radius 1 is 1.17 bits per heavy atom. The molecule has 0 fully saturated rings. The second-order valence-electron chi connectivity index (χ2n) is 3.69. The van der Waals surface area contributed by atoms with Crippen molar-refractivity contribution in [2.24, 2.45) is 0 Å². The van der Waals surface area contributed by atoms with Crippen molar-refractivity contribution in [3.05, 3.63) is 57.2 Å². The van der Waals surface area contributed by atoms with E-state index in [-0.39, 0.29) is 5.91 Å². The number of pyridine rings is 1. The average molecular weight is 370 g/mol. The predicted octanol–water partition coefficient (Wildman–Crippen LogP) is 3.88. The van der Waals surface area contributed by atoms with Gasteiger partial charge in [0.15, 0.2) is 0 Å². The molecule has 0 N–H and O–H groups in total. The molecule has 0 unspecified atom stereocenters. The van der Waals surface area contributed by atoms with Crippen LogP contribution >= 0.6 is 31.9 Å². The van der Waals surface area contributed by atoms with E-state index < -0.39 is 0 Å². The molecule has 18 heavy (non-hydrogen) atoms. The van der Waals surface area contributed by atoms with Gasteiger partial charge in [0, 0.05) is 34.1 Å². The van der Waals surface area contributed by atoms with Gasteiger partial charge in [-0.15, -0.1) is 0 Å². The SMILES string of the molecule is CN(C(=O)c1cc(Br)ccc1Br)c1ccncc1. The van der Waals surface area contributed by atoms with Crippen molar-refractivity contribution in [2.45, 2.75) is 0 Å². The maximum Gasteiger partial charge on any atom is 0.259 e. The normalized spacial score (nSPS) is 10.2. The van der Waals surface area contributed by atoms with Crippen LogP contribution in [0, 0.1) is 0 Å². The van der Waals surface area contributed by atoms with Crippen molar-refractivity contribution >= 4 is 43.5 Å². The fraction of sp³-hybridized carbons (Fsp3) is 0.0769. The maximum atomic E-state index is 12.4. The lowest BCUT2D eigenvalue weighted by Gasteiger charge is -2.18. The molecule has 0 atom stereocenters. The molecule has 1 heterocycles. The van der Waals surface area contributed by atoms with Crippen molar-refractivity contribution in [1.29, 1.82) is 0 Å². The zero-order valence-electron chi connectivity index (χ0n) is 9.60. The second-order valence-corrected chi connectivity index (χ2v) is 5.46. The summed E-state index contributed by atoms with van der Waals surface area (Å²) in [7, 11) is 1.74. The van der Waals surface area contributed by atoms with Crippen LogP contribution < -0.4 is 4.90 Å². The Labute approximate surface area is 122 Å². The summed E-state index contributed by atoms with van der Waals surface area (Å²) in [4.78, 5) is 17.9. The van der Waals surface area contributed by atoms with Gasteiger partial charge in [0.05, 0.1) is 5.56 Å². The standard InChI is InChI=1S/C13H10Br2N2O/c1-17(10-4-6-16-7-5-10)13(18)11-8-9(14)2-3-12(11)15/h2-8H,1H3. The van der Waals surface area contributed by atoms with E-state index in [1.807, 2.05) is 12.1 Å². The first-order valence-electron chi connectivity index (χ1n) is 5.22. The molecule has 0 radical (unpaired) electrons. The number of rotatable bonds is 2. The molecule has 0 saturated carbocycles. The van der Waals surface area contributed by atoms with Crippen LogP contribution in [-0.4, -0.2) is 17.9 Å². The number of halogens is 2. The zero-order valence-corrected chi connectivity index (χ0v) is 12.8. The number of hydrogen-bond donors (Lipinski definition) is 0. The van der Waals surface area contributed by atoms with Gasteiger partial charge in [-0.1, -0.05) is 15.9 Å². The lowest BCUT2D eigenvalue weighted by atomic mass is 10.2. The van der Waals surface area contributed by atoms with Crippen LogP contribution in [0.3, 0.4) is 0 Å². The average Bonchev–Trinajstić information content (AvgIpc) is 2.41. The first-order chi connectivity index (χ1) is 8.59. The fourth-order valence-corrected chi connectivity index (χ4v) is 2.30. The maximum absolute atomic E-state index is 12.4. The van der Waals surface area contributed by atoms with Crippen LogP contribution in [-0.2, 0) is 0 Å². The van der Waals surface area contributed by atoms with E-state index in [9.17, 15) is 4.79 Å². The second kappa shape index (κ2) is 5.63. The molecule has 0 aliphatic rings. The highest BCUT2D eigenvalue weighted by Crippen LogP contribution is 2.24. The Kier molecular flexibility index (Phi) is 4.14. The summed E-state index contributed by atoms with van der Waals surface area (Å²) in [5.74, 6) is -0.0747. The van der Waals surface area contributed by atoms with E-state index in [0.29, 0.717) is 5.56 Å². The highest BCUT2D eigenvalue weighted by atomic mass is 79.9. The summed E-state index contributed by atoms with van der Waals surface area (Å²) in [6, 6.07) is 9.11. The first kappa shape index (κ1) is 13.2. The molecule has 2 rings (SSSR count). The minimum Gasteiger partial charge on any atom is -0.311 e. The van der Waals surface area contributed by atoms with Gasteiger partial charge < -0.3 is 4.90 Å². The number of amides is 1. The van der Waals surface area contributed by atoms with E-state index in [2.05, 4.69) is 36.8 Å². The van der Waals surface area contributed by atoms with E-state index in [1.54, 1.807) is 42.5 Å². The zero-order chi connectivity index (χ0) is 13.1. The Morgan fingerprint density at radius 3 is 2.50 bits per heavy atom. The number of carbonyl (C=O) groups excluding carboxylic acids is 1. The Morgan fingerprint density at radius 2 is 1.83 bits per heavy atom. The molecule has 0 saturated heterocycles. The van der Waals surface area contributed by atoms with Gasteiger partial charge in [-0.2, -0.15) is 0 Å². The third kappa shape index (κ3) is 2.79. The summed E-state index contributed by atoms with van der Waals surface area (Å²) < 4.78 is 1.65. The van der Waals surface area contributed by atoms with E-state index in [4.69, 9.17) is 0 Å². The van der Waals surface area contributed by atoms with Crippen molar-refractivity contribution in [1.82, 2.24) is 4.98 Å². The summed E-state index contributed by atoms with van der Waals surface area (Å²) >= 11 is 6.76. The number of nitrogens with zero attached hydrogens (tertiary/aromatic N) is 2. The molecule has 1 aromatic carbocycles. The molecule has 3 nitrogen and oxygen atoms in total. The quantitative estimate of drug-likeness (QED) is 0.804. The van der Waals surface area contributed by atoms with Crippen LogP contribution in [0.15, 0.2) is 51.7 Å². The van der Waals surface area contributed by atoms with Crippen LogP contribution in [0.4, 0.5) is 5.69 Å². The third-order valence-electron chi connectivity index (χ3n) is 2.51. The molecule has 1 amide bonds. The van der Waals surface area contributed by atoms with Crippen molar-refractivity contribution in [3.8, 4) is 0 Å². The van der Waals surface area contributed by atoms with Crippen molar-refractivity contribution < 1.29 is 4.79 Å². The Bertz CT molecular complexity index is 572. The van der Waals surface area contributed by atoms with Crippen LogP contribution in [0.1, 0.15) is 10.4 Å². The van der Waals surface area contributed by atoms with Gasteiger partial charge in [-0.25, -0.2) is 0 Å². The van der Waals surface area contributed by atoms with E-state index in [0.717, 1.165) is 14.6 Å². The molecular formula is C13H10Br2N2O. The Balaban J connectivity index is 2.34. The molecular weight excluding hydrogens is 360 g/mol. The van der Waals surface area contributed by atoms with Gasteiger partial charge in [0.2, 0.25) is 0 Å². The number of hydrogen-bond acceptors (Lipinski definition) is 2. The molecule has 1 aromatic heterocycles. The fourth-order valence-electron chi connectivity index (χ4n) is 1.53. The van der Waals surface area contributed by atoms with Crippen LogP contribution in [0.5, 0.6) is 0 Å². The number of benzene rings is 1. The third-order valence-corrected chi connectivity index (χ3v) is 3.70.